The fraction of sp³-hybridized carbons (Fsp3) is 0.500. The van der Waals surface area contributed by atoms with Gasteiger partial charge in [0.1, 0.15) is 5.82 Å². The summed E-state index contributed by atoms with van der Waals surface area (Å²) in [6, 6.07) is 4.29. The molecule has 18 heavy (non-hydrogen) atoms. The molecule has 1 unspecified atom stereocenters. The second-order valence-corrected chi connectivity index (χ2v) is 5.61. The number of rotatable bonds is 3. The molecule has 1 amide bonds. The summed E-state index contributed by atoms with van der Waals surface area (Å²) in [7, 11) is 0. The smallest absolute Gasteiger partial charge is 0.254 e. The molecule has 1 aromatic carbocycles. The maximum atomic E-state index is 13.6. The summed E-state index contributed by atoms with van der Waals surface area (Å²) in [5.74, 6) is -0.927. The molecule has 0 aliphatic carbocycles. The molecule has 0 fully saturated rings. The fourth-order valence-electron chi connectivity index (χ4n) is 1.68. The van der Waals surface area contributed by atoms with Gasteiger partial charge in [-0.05, 0) is 24.5 Å². The molecule has 0 saturated heterocycles. The Morgan fingerprint density at radius 3 is 2.56 bits per heavy atom. The lowest BCUT2D eigenvalue weighted by atomic mass is 9.86. The predicted molar refractivity (Wildman–Crippen MR) is 70.9 cm³/mol. The second kappa shape index (κ2) is 5.48. The lowest BCUT2D eigenvalue weighted by Crippen LogP contribution is -2.48. The van der Waals surface area contributed by atoms with Gasteiger partial charge in [-0.25, -0.2) is 4.39 Å². The lowest BCUT2D eigenvalue weighted by molar-refractivity contribution is 0.0901. The van der Waals surface area contributed by atoms with Crippen molar-refractivity contribution in [3.05, 3.63) is 35.1 Å². The van der Waals surface area contributed by atoms with Gasteiger partial charge < -0.3 is 11.1 Å². The lowest BCUT2D eigenvalue weighted by Gasteiger charge is -2.30. The first-order valence-corrected chi connectivity index (χ1v) is 6.02. The molecular formula is C14H21FN2O. The van der Waals surface area contributed by atoms with Crippen LogP contribution in [0.25, 0.3) is 0 Å². The molecule has 0 aliphatic rings. The van der Waals surface area contributed by atoms with Crippen molar-refractivity contribution in [1.29, 1.82) is 0 Å². The number of halogens is 1. The highest BCUT2D eigenvalue weighted by molar-refractivity contribution is 5.94. The topological polar surface area (TPSA) is 55.1 Å². The summed E-state index contributed by atoms with van der Waals surface area (Å²) >= 11 is 0. The third-order valence-corrected chi connectivity index (χ3v) is 2.95. The van der Waals surface area contributed by atoms with Gasteiger partial charge in [0.25, 0.3) is 5.91 Å². The summed E-state index contributed by atoms with van der Waals surface area (Å²) in [6.45, 7) is 8.09. The molecule has 0 saturated carbocycles. The average molecular weight is 252 g/mol. The number of carbonyl (C=O) groups excluding carboxylic acids is 1. The van der Waals surface area contributed by atoms with Crippen molar-refractivity contribution in [2.24, 2.45) is 11.1 Å². The van der Waals surface area contributed by atoms with Crippen LogP contribution in [0.4, 0.5) is 4.39 Å². The largest absolute Gasteiger partial charge is 0.347 e. The molecule has 0 aliphatic heterocycles. The summed E-state index contributed by atoms with van der Waals surface area (Å²) in [5, 5.41) is 2.79. The minimum atomic E-state index is -0.511. The predicted octanol–water partition coefficient (Wildman–Crippen LogP) is 2.24. The highest BCUT2D eigenvalue weighted by atomic mass is 19.1. The van der Waals surface area contributed by atoms with Crippen LogP contribution in [0.5, 0.6) is 0 Å². The van der Waals surface area contributed by atoms with E-state index in [0.29, 0.717) is 6.54 Å². The van der Waals surface area contributed by atoms with Crippen molar-refractivity contribution in [1.82, 2.24) is 5.32 Å². The van der Waals surface area contributed by atoms with Crippen molar-refractivity contribution in [3.63, 3.8) is 0 Å². The van der Waals surface area contributed by atoms with Crippen LogP contribution in [0, 0.1) is 18.2 Å². The van der Waals surface area contributed by atoms with E-state index in [1.807, 2.05) is 27.7 Å². The molecule has 1 aromatic rings. The molecule has 1 atom stereocenters. The Balaban J connectivity index is 2.91. The van der Waals surface area contributed by atoms with E-state index in [0.717, 1.165) is 5.56 Å². The molecule has 100 valence electrons. The SMILES string of the molecule is Cc1ccc(F)c(C(=O)NC(CN)C(C)(C)C)c1. The Labute approximate surface area is 108 Å². The van der Waals surface area contributed by atoms with E-state index in [1.54, 1.807) is 12.1 Å². The van der Waals surface area contributed by atoms with E-state index in [1.165, 1.54) is 6.07 Å². The number of nitrogens with two attached hydrogens (primary N) is 1. The van der Waals surface area contributed by atoms with Gasteiger partial charge in [-0.1, -0.05) is 32.4 Å². The molecule has 0 spiro atoms. The number of hydrogen-bond donors (Lipinski definition) is 2. The maximum absolute atomic E-state index is 13.6. The minimum Gasteiger partial charge on any atom is -0.347 e. The monoisotopic (exact) mass is 252 g/mol. The summed E-state index contributed by atoms with van der Waals surface area (Å²) in [4.78, 5) is 12.0. The van der Waals surface area contributed by atoms with Crippen molar-refractivity contribution >= 4 is 5.91 Å². The zero-order chi connectivity index (χ0) is 13.9. The first-order valence-electron chi connectivity index (χ1n) is 6.02. The maximum Gasteiger partial charge on any atom is 0.254 e. The van der Waals surface area contributed by atoms with E-state index >= 15 is 0 Å². The van der Waals surface area contributed by atoms with Crippen molar-refractivity contribution in [2.45, 2.75) is 33.7 Å². The van der Waals surface area contributed by atoms with Crippen LogP contribution < -0.4 is 11.1 Å². The minimum absolute atomic E-state index is 0.0673. The van der Waals surface area contributed by atoms with E-state index < -0.39 is 11.7 Å². The van der Waals surface area contributed by atoms with Gasteiger partial charge in [-0.3, -0.25) is 4.79 Å². The quantitative estimate of drug-likeness (QED) is 0.866. The molecule has 0 radical (unpaired) electrons. The van der Waals surface area contributed by atoms with Gasteiger partial charge in [0.15, 0.2) is 0 Å². The second-order valence-electron chi connectivity index (χ2n) is 5.61. The Hall–Kier alpha value is -1.42. The van der Waals surface area contributed by atoms with E-state index in [2.05, 4.69) is 5.32 Å². The highest BCUT2D eigenvalue weighted by Crippen LogP contribution is 2.19. The van der Waals surface area contributed by atoms with Crippen LogP contribution in [0.15, 0.2) is 18.2 Å². The van der Waals surface area contributed by atoms with Gasteiger partial charge in [-0.2, -0.15) is 0 Å². The fourth-order valence-corrected chi connectivity index (χ4v) is 1.68. The average Bonchev–Trinajstić information content (AvgIpc) is 2.27. The van der Waals surface area contributed by atoms with Crippen LogP contribution in [-0.2, 0) is 0 Å². The number of nitrogens with one attached hydrogen (secondary N) is 1. The van der Waals surface area contributed by atoms with Crippen molar-refractivity contribution in [2.75, 3.05) is 6.54 Å². The highest BCUT2D eigenvalue weighted by Gasteiger charge is 2.26. The summed E-state index contributed by atoms with van der Waals surface area (Å²) in [5.41, 5.74) is 6.40. The number of hydrogen-bond acceptors (Lipinski definition) is 2. The van der Waals surface area contributed by atoms with E-state index in [4.69, 9.17) is 5.73 Å². The number of carbonyl (C=O) groups is 1. The Kier molecular flexibility index (Phi) is 4.46. The molecule has 3 nitrogen and oxygen atoms in total. The van der Waals surface area contributed by atoms with Gasteiger partial charge in [0.2, 0.25) is 0 Å². The van der Waals surface area contributed by atoms with Crippen molar-refractivity contribution < 1.29 is 9.18 Å². The van der Waals surface area contributed by atoms with E-state index in [-0.39, 0.29) is 17.0 Å². The Morgan fingerprint density at radius 2 is 2.06 bits per heavy atom. The third-order valence-electron chi connectivity index (χ3n) is 2.95. The molecular weight excluding hydrogens is 231 g/mol. The van der Waals surface area contributed by atoms with Gasteiger partial charge in [0, 0.05) is 12.6 Å². The first kappa shape index (κ1) is 14.6. The number of benzene rings is 1. The molecule has 4 heteroatoms. The standard InChI is InChI=1S/C14H21FN2O/c1-9-5-6-11(15)10(7-9)13(18)17-12(8-16)14(2,3)4/h5-7,12H,8,16H2,1-4H3,(H,17,18). The van der Waals surface area contributed by atoms with Crippen LogP contribution in [-0.4, -0.2) is 18.5 Å². The summed E-state index contributed by atoms with van der Waals surface area (Å²) < 4.78 is 13.6. The Morgan fingerprint density at radius 1 is 1.44 bits per heavy atom. The zero-order valence-corrected chi connectivity index (χ0v) is 11.4. The number of amides is 1. The zero-order valence-electron chi connectivity index (χ0n) is 11.4. The Bertz CT molecular complexity index is 438. The van der Waals surface area contributed by atoms with Crippen LogP contribution >= 0.6 is 0 Å². The van der Waals surface area contributed by atoms with Crippen molar-refractivity contribution in [3.8, 4) is 0 Å². The molecule has 0 aromatic heterocycles. The number of aryl methyl sites for hydroxylation is 1. The van der Waals surface area contributed by atoms with Crippen LogP contribution in [0.3, 0.4) is 0 Å². The van der Waals surface area contributed by atoms with Crippen LogP contribution in [0.2, 0.25) is 0 Å². The summed E-state index contributed by atoms with van der Waals surface area (Å²) in [6.07, 6.45) is 0. The molecule has 1 rings (SSSR count). The normalized spacial score (nSPS) is 13.2. The molecule has 0 bridgehead atoms. The van der Waals surface area contributed by atoms with Gasteiger partial charge >= 0.3 is 0 Å². The first-order chi connectivity index (χ1) is 8.25. The van der Waals surface area contributed by atoms with Crippen LogP contribution in [0.1, 0.15) is 36.7 Å². The molecule has 3 N–H and O–H groups in total. The van der Waals surface area contributed by atoms with E-state index in [9.17, 15) is 9.18 Å². The third kappa shape index (κ3) is 3.53. The van der Waals surface area contributed by atoms with Gasteiger partial charge in [0.05, 0.1) is 5.56 Å². The molecule has 0 heterocycles. The van der Waals surface area contributed by atoms with Gasteiger partial charge in [-0.15, -0.1) is 0 Å².